The van der Waals surface area contributed by atoms with Gasteiger partial charge in [-0.05, 0) is 152 Å². The van der Waals surface area contributed by atoms with Crippen LogP contribution in [0.25, 0.3) is 55.6 Å². The van der Waals surface area contributed by atoms with E-state index < -0.39 is 5.41 Å². The fraction of sp³-hybridized carbons (Fsp3) is 0.0270. The van der Waals surface area contributed by atoms with Crippen molar-refractivity contribution >= 4 is 28.4 Å². The van der Waals surface area contributed by atoms with Gasteiger partial charge in [-0.1, -0.05) is 249 Å². The molecule has 2 nitrogen and oxygen atoms in total. The zero-order chi connectivity index (χ0) is 51.3. The van der Waals surface area contributed by atoms with Crippen LogP contribution >= 0.6 is 0 Å². The van der Waals surface area contributed by atoms with Crippen LogP contribution in [0.4, 0.5) is 28.4 Å². The second-order valence-corrected chi connectivity index (χ2v) is 19.4. The minimum atomic E-state index is -0.707. The largest absolute Gasteiger partial charge is 0.315 e. The molecule has 0 saturated heterocycles. The molecule has 0 N–H and O–H groups in total. The number of fused-ring (bicyclic) bond motifs is 3. The average molecular weight is 973 g/mol. The van der Waals surface area contributed by atoms with Crippen molar-refractivity contribution in [3.8, 4) is 55.6 Å². The molecule has 0 saturated carbocycles. The lowest BCUT2D eigenvalue weighted by Crippen LogP contribution is -2.29. The van der Waals surface area contributed by atoms with Gasteiger partial charge in [0, 0.05) is 34.1 Å². The molecule has 76 heavy (non-hydrogen) atoms. The minimum absolute atomic E-state index is 0.707. The molecule has 0 fully saturated rings. The highest BCUT2D eigenvalue weighted by Gasteiger charge is 2.46. The van der Waals surface area contributed by atoms with Gasteiger partial charge in [0.25, 0.3) is 0 Å². The summed E-state index contributed by atoms with van der Waals surface area (Å²) in [5.41, 5.74) is 22.2. The third kappa shape index (κ3) is 9.08. The second-order valence-electron chi connectivity index (χ2n) is 19.4. The maximum Gasteiger partial charge on any atom is 0.0708 e. The van der Waals surface area contributed by atoms with Crippen LogP contribution in [-0.4, -0.2) is 0 Å². The summed E-state index contributed by atoms with van der Waals surface area (Å²) in [7, 11) is 0. The lowest BCUT2D eigenvalue weighted by atomic mass is 9.67. The first-order chi connectivity index (χ1) is 37.5. The maximum absolute atomic E-state index is 5.04. The zero-order valence-electron chi connectivity index (χ0n) is 42.5. The number of rotatable bonds is 14. The van der Waals surface area contributed by atoms with Crippen LogP contribution in [0.3, 0.4) is 0 Å². The van der Waals surface area contributed by atoms with Crippen LogP contribution in [0.15, 0.2) is 327 Å². The standard InChI is InChI=1S/C74H56N2/c1-54(21-19-22-55(2)75(65-45-37-60(38-46-65)56-23-7-3-8-24-56)66-47-39-61(40-48-66)57-25-9-4-10-26-57)74(72-35-17-15-33-70(72)71-34-16-18-36-73(71)74)64-31-20-32-69(53-64)76(67-49-41-62(42-50-67)58-27-11-5-12-28-58)68-51-43-63(44-52-68)59-29-13-6-14-30-59/h3-53H,1H2,2H3/b21-19-,55-22+. The van der Waals surface area contributed by atoms with Gasteiger partial charge in [0.05, 0.1) is 5.41 Å². The molecular weight excluding hydrogens is 917 g/mol. The van der Waals surface area contributed by atoms with E-state index in [1.807, 2.05) is 0 Å². The van der Waals surface area contributed by atoms with E-state index in [-0.39, 0.29) is 0 Å². The lowest BCUT2D eigenvalue weighted by molar-refractivity contribution is 0.770. The van der Waals surface area contributed by atoms with Crippen molar-refractivity contribution in [2.24, 2.45) is 0 Å². The first-order valence-electron chi connectivity index (χ1n) is 26.1. The van der Waals surface area contributed by atoms with E-state index in [2.05, 4.69) is 326 Å². The highest BCUT2D eigenvalue weighted by molar-refractivity contribution is 5.88. The Morgan fingerprint density at radius 1 is 0.342 bits per heavy atom. The molecular formula is C74H56N2. The van der Waals surface area contributed by atoms with Crippen LogP contribution in [0.5, 0.6) is 0 Å². The second kappa shape index (κ2) is 21.0. The molecule has 0 radical (unpaired) electrons. The van der Waals surface area contributed by atoms with Gasteiger partial charge < -0.3 is 9.80 Å². The molecule has 0 unspecified atom stereocenters. The first kappa shape index (κ1) is 47.3. The Morgan fingerprint density at radius 3 is 1.08 bits per heavy atom. The van der Waals surface area contributed by atoms with E-state index in [1.165, 1.54) is 66.8 Å². The van der Waals surface area contributed by atoms with Crippen LogP contribution in [0.2, 0.25) is 0 Å². The van der Waals surface area contributed by atoms with Gasteiger partial charge in [0.15, 0.2) is 0 Å². The Labute approximate surface area is 447 Å². The molecule has 2 heteroatoms. The summed E-state index contributed by atoms with van der Waals surface area (Å²) in [6.07, 6.45) is 6.64. The Hall–Kier alpha value is -9.76. The molecule has 0 aliphatic heterocycles. The molecule has 0 aromatic heterocycles. The third-order valence-electron chi connectivity index (χ3n) is 14.9. The first-order valence-corrected chi connectivity index (χ1v) is 26.1. The summed E-state index contributed by atoms with van der Waals surface area (Å²) in [6.45, 7) is 7.23. The van der Waals surface area contributed by atoms with Gasteiger partial charge in [0.2, 0.25) is 0 Å². The number of hydrogen-bond donors (Lipinski definition) is 0. The molecule has 0 atom stereocenters. The number of allylic oxidation sites excluding steroid dienone is 5. The molecule has 1 aliphatic carbocycles. The smallest absolute Gasteiger partial charge is 0.0708 e. The SMILES string of the molecule is C=C(/C=C\C=C(/C)N(c1ccc(-c2ccccc2)cc1)c1ccc(-c2ccccc2)cc1)C1(c2cccc(N(c3ccc(-c4ccccc4)cc3)c3ccc(-c4ccccc4)cc3)c2)c2ccccc2-c2ccccc21. The van der Waals surface area contributed by atoms with Gasteiger partial charge >= 0.3 is 0 Å². The minimum Gasteiger partial charge on any atom is -0.315 e. The van der Waals surface area contributed by atoms with Gasteiger partial charge in [-0.25, -0.2) is 0 Å². The van der Waals surface area contributed by atoms with Crippen molar-refractivity contribution < 1.29 is 0 Å². The molecule has 11 aromatic carbocycles. The van der Waals surface area contributed by atoms with E-state index in [9.17, 15) is 0 Å². The van der Waals surface area contributed by atoms with E-state index in [4.69, 9.17) is 6.58 Å². The molecule has 0 spiro atoms. The molecule has 11 aromatic rings. The Morgan fingerprint density at radius 2 is 0.684 bits per heavy atom. The quantitative estimate of drug-likeness (QED) is 0.100. The highest BCUT2D eigenvalue weighted by Crippen LogP contribution is 2.57. The van der Waals surface area contributed by atoms with Crippen LogP contribution < -0.4 is 9.80 Å². The van der Waals surface area contributed by atoms with Gasteiger partial charge in [-0.2, -0.15) is 0 Å². The molecule has 0 amide bonds. The normalized spacial score (nSPS) is 12.5. The highest BCUT2D eigenvalue weighted by atomic mass is 15.1. The predicted molar refractivity (Wildman–Crippen MR) is 322 cm³/mol. The summed E-state index contributed by atoms with van der Waals surface area (Å²) in [6, 6.07) is 105. The van der Waals surface area contributed by atoms with Crippen molar-refractivity contribution in [2.45, 2.75) is 12.3 Å². The summed E-state index contributed by atoms with van der Waals surface area (Å²) in [5.74, 6) is 0. The van der Waals surface area contributed by atoms with Crippen molar-refractivity contribution in [2.75, 3.05) is 9.80 Å². The van der Waals surface area contributed by atoms with Crippen molar-refractivity contribution in [1.82, 2.24) is 0 Å². The number of nitrogens with zero attached hydrogens (tertiary/aromatic N) is 2. The third-order valence-corrected chi connectivity index (χ3v) is 14.9. The van der Waals surface area contributed by atoms with Crippen molar-refractivity contribution in [3.05, 3.63) is 344 Å². The predicted octanol–water partition coefficient (Wildman–Crippen LogP) is 20.0. The average Bonchev–Trinajstić information content (AvgIpc) is 3.91. The van der Waals surface area contributed by atoms with Gasteiger partial charge in [0.1, 0.15) is 0 Å². The molecule has 1 aliphatic rings. The molecule has 0 heterocycles. The fourth-order valence-electron chi connectivity index (χ4n) is 11.2. The summed E-state index contributed by atoms with van der Waals surface area (Å²) < 4.78 is 0. The molecule has 362 valence electrons. The summed E-state index contributed by atoms with van der Waals surface area (Å²) in [4.78, 5) is 4.72. The van der Waals surface area contributed by atoms with Crippen LogP contribution in [-0.2, 0) is 5.41 Å². The van der Waals surface area contributed by atoms with Crippen molar-refractivity contribution in [1.29, 1.82) is 0 Å². The fourth-order valence-corrected chi connectivity index (χ4v) is 11.2. The van der Waals surface area contributed by atoms with Crippen LogP contribution in [0, 0.1) is 0 Å². The van der Waals surface area contributed by atoms with E-state index in [0.717, 1.165) is 45.3 Å². The van der Waals surface area contributed by atoms with Gasteiger partial charge in [-0.15, -0.1) is 0 Å². The monoisotopic (exact) mass is 972 g/mol. The number of anilines is 5. The Bertz CT molecular complexity index is 3630. The van der Waals surface area contributed by atoms with Crippen molar-refractivity contribution in [3.63, 3.8) is 0 Å². The summed E-state index contributed by atoms with van der Waals surface area (Å²) >= 11 is 0. The van der Waals surface area contributed by atoms with E-state index in [0.29, 0.717) is 0 Å². The number of hydrogen-bond acceptors (Lipinski definition) is 2. The summed E-state index contributed by atoms with van der Waals surface area (Å²) in [5, 5.41) is 0. The topological polar surface area (TPSA) is 6.48 Å². The lowest BCUT2D eigenvalue weighted by Gasteiger charge is -2.35. The maximum atomic E-state index is 5.04. The van der Waals surface area contributed by atoms with Gasteiger partial charge in [-0.3, -0.25) is 0 Å². The Balaban J connectivity index is 0.955. The molecule has 0 bridgehead atoms. The number of benzene rings is 11. The van der Waals surface area contributed by atoms with E-state index >= 15 is 0 Å². The molecule has 12 rings (SSSR count). The Kier molecular flexibility index (Phi) is 13.1. The zero-order valence-corrected chi connectivity index (χ0v) is 42.5. The van der Waals surface area contributed by atoms with Crippen LogP contribution in [0.1, 0.15) is 23.6 Å². The van der Waals surface area contributed by atoms with E-state index in [1.54, 1.807) is 0 Å².